The SMILES string of the molecule is CSC(C)(C)C#Cc1ccc(-c2ccc(Cl)c3c(N)nn(CC(F)F)c23)c(C(C)Cc2cc(F)cc(F)c2)n1.C[C@H]1CC(F)(F)C(=N)/C1=C(\N)C(F)F.NC=O.SC1CC1. The summed E-state index contributed by atoms with van der Waals surface area (Å²) in [5.41, 5.74) is 16.0. The second-order valence-corrected chi connectivity index (χ2v) is 17.0. The number of amides is 1. The molecule has 7 N–H and O–H groups in total. The Morgan fingerprint density at radius 2 is 1.68 bits per heavy atom. The van der Waals surface area contributed by atoms with Gasteiger partial charge in [-0.3, -0.25) is 14.9 Å². The van der Waals surface area contributed by atoms with Crippen molar-refractivity contribution in [1.29, 1.82) is 5.41 Å². The van der Waals surface area contributed by atoms with E-state index in [4.69, 9.17) is 38.3 Å². The lowest BCUT2D eigenvalue weighted by Crippen LogP contribution is -2.24. The van der Waals surface area contributed by atoms with Crippen molar-refractivity contribution in [3.8, 4) is 23.0 Å². The third-order valence-corrected chi connectivity index (χ3v) is 11.1. The second kappa shape index (κ2) is 21.4. The van der Waals surface area contributed by atoms with Gasteiger partial charge in [0.15, 0.2) is 5.82 Å². The molecule has 0 saturated heterocycles. The van der Waals surface area contributed by atoms with E-state index in [1.165, 1.54) is 31.9 Å². The minimum absolute atomic E-state index is 0.0390. The van der Waals surface area contributed by atoms with Gasteiger partial charge < -0.3 is 17.2 Å². The van der Waals surface area contributed by atoms with Gasteiger partial charge in [-0.15, -0.1) is 11.8 Å². The fourth-order valence-corrected chi connectivity index (χ4v) is 6.59. The number of fused-ring (bicyclic) bond motifs is 1. The number of nitrogen functional groups attached to an aromatic ring is 1. The maximum Gasteiger partial charge on any atom is 0.289 e. The number of thiol groups is 1. The molecule has 326 valence electrons. The predicted octanol–water partition coefficient (Wildman–Crippen LogP) is 10.1. The van der Waals surface area contributed by atoms with Crippen LogP contribution in [0.4, 0.5) is 40.9 Å². The number of nitrogens with two attached hydrogens (primary N) is 3. The topological polar surface area (TPSA) is 150 Å². The van der Waals surface area contributed by atoms with Gasteiger partial charge in [0.1, 0.15) is 29.6 Å². The summed E-state index contributed by atoms with van der Waals surface area (Å²) in [6.07, 6.45) is -1.08. The lowest BCUT2D eigenvalue weighted by Gasteiger charge is -2.18. The molecule has 60 heavy (non-hydrogen) atoms. The van der Waals surface area contributed by atoms with Crippen LogP contribution in [0.15, 0.2) is 53.7 Å². The van der Waals surface area contributed by atoms with Crippen molar-refractivity contribution in [2.75, 3.05) is 12.0 Å². The molecule has 0 spiro atoms. The third kappa shape index (κ3) is 13.5. The fraction of sp³-hybridized carbons (Fsp3) is 0.415. The Kier molecular flexibility index (Phi) is 17.8. The Hall–Kier alpha value is -4.47. The van der Waals surface area contributed by atoms with Crippen molar-refractivity contribution in [1.82, 2.24) is 14.8 Å². The Bertz CT molecular complexity index is 2230. The minimum atomic E-state index is -3.33. The molecule has 8 nitrogen and oxygen atoms in total. The number of primary amides is 1. The van der Waals surface area contributed by atoms with E-state index in [0.29, 0.717) is 39.0 Å². The molecular formula is C41H46ClF8N7OS2. The molecule has 1 amide bonds. The van der Waals surface area contributed by atoms with Crippen molar-refractivity contribution in [3.05, 3.63) is 87.3 Å². The number of nitrogens with zero attached hydrogens (tertiary/aromatic N) is 3. The van der Waals surface area contributed by atoms with E-state index in [1.807, 2.05) is 33.1 Å². The predicted molar refractivity (Wildman–Crippen MR) is 227 cm³/mol. The maximum absolute atomic E-state index is 13.9. The summed E-state index contributed by atoms with van der Waals surface area (Å²) in [6, 6.07) is 10.3. The zero-order chi connectivity index (χ0) is 45.3. The number of hydrogen-bond acceptors (Lipinski definition) is 8. The number of anilines is 1. The first-order valence-electron chi connectivity index (χ1n) is 18.3. The first-order chi connectivity index (χ1) is 28.0. The maximum atomic E-state index is 13.9. The molecule has 2 aliphatic carbocycles. The average Bonchev–Trinajstić information content (AvgIpc) is 3.82. The number of allylic oxidation sites excluding steroid dienone is 2. The van der Waals surface area contributed by atoms with Gasteiger partial charge in [0.25, 0.3) is 18.8 Å². The number of hydrogen-bond donors (Lipinski definition) is 5. The molecule has 4 aromatic rings. The molecule has 2 aromatic heterocycles. The molecule has 0 radical (unpaired) electrons. The molecular weight excluding hydrogens is 858 g/mol. The molecule has 2 aliphatic rings. The van der Waals surface area contributed by atoms with Gasteiger partial charge in [-0.25, -0.2) is 31.3 Å². The lowest BCUT2D eigenvalue weighted by atomic mass is 9.90. The van der Waals surface area contributed by atoms with E-state index in [9.17, 15) is 35.1 Å². The molecule has 0 bridgehead atoms. The molecule has 2 aromatic carbocycles. The summed E-state index contributed by atoms with van der Waals surface area (Å²) in [6.45, 7) is 6.57. The quantitative estimate of drug-likeness (QED) is 0.0515. The van der Waals surface area contributed by atoms with Crippen LogP contribution in [0.3, 0.4) is 0 Å². The van der Waals surface area contributed by atoms with E-state index in [2.05, 4.69) is 35.3 Å². The van der Waals surface area contributed by atoms with E-state index < -0.39 is 66.3 Å². The van der Waals surface area contributed by atoms with Crippen LogP contribution in [0.25, 0.3) is 22.0 Å². The highest BCUT2D eigenvalue weighted by atomic mass is 35.5. The van der Waals surface area contributed by atoms with E-state index >= 15 is 0 Å². The van der Waals surface area contributed by atoms with Crippen molar-refractivity contribution in [2.24, 2.45) is 17.4 Å². The van der Waals surface area contributed by atoms with Gasteiger partial charge in [0, 0.05) is 40.4 Å². The van der Waals surface area contributed by atoms with Gasteiger partial charge >= 0.3 is 0 Å². The zero-order valence-corrected chi connectivity index (χ0v) is 35.7. The van der Waals surface area contributed by atoms with Crippen LogP contribution in [-0.4, -0.2) is 61.9 Å². The standard InChI is InChI=1S/C29H27ClF4N4S.C8H10F4N2.C3H6S.CH3NO/c1-16(11-17-12-18(31)14-19(32)13-17)26-21(6-5-20(36-26)9-10-29(2,3)39-4)22-7-8-23(30)25-27(22)38(15-24(33)34)37-28(25)35;1-3-2-8(11,12)6(14)4(3)5(13)7(9)10;4-3-1-2-3;2-1-3/h5-8,12-14,16,24H,11,15H2,1-4H3,(H2,35,37);3,7,14H,2,13H2,1H3;3-4H,1-2H2;1H,(H2,2,3)/b;5-4-,14-6?;;/t;3-;;/m.0../s1. The van der Waals surface area contributed by atoms with Crippen LogP contribution >= 0.6 is 36.0 Å². The number of pyridine rings is 1. The molecule has 2 fully saturated rings. The number of nitrogens with one attached hydrogen (secondary N) is 1. The van der Waals surface area contributed by atoms with Crippen LogP contribution in [0, 0.1) is 34.8 Å². The minimum Gasteiger partial charge on any atom is -0.397 e. The van der Waals surface area contributed by atoms with Gasteiger partial charge in [-0.05, 0) is 87.1 Å². The van der Waals surface area contributed by atoms with E-state index in [1.54, 1.807) is 30.0 Å². The highest BCUT2D eigenvalue weighted by molar-refractivity contribution is 8.00. The Labute approximate surface area is 358 Å². The first-order valence-corrected chi connectivity index (χ1v) is 20.4. The van der Waals surface area contributed by atoms with Crippen molar-refractivity contribution >= 4 is 64.8 Å². The number of halogens is 9. The Balaban J connectivity index is 0.000000374. The summed E-state index contributed by atoms with van der Waals surface area (Å²) >= 11 is 12.1. The van der Waals surface area contributed by atoms with Gasteiger partial charge in [0.05, 0.1) is 32.1 Å². The number of aromatic nitrogens is 3. The van der Waals surface area contributed by atoms with Crippen molar-refractivity contribution < 1.29 is 39.9 Å². The lowest BCUT2D eigenvalue weighted by molar-refractivity contribution is -0.106. The molecule has 2 saturated carbocycles. The Morgan fingerprint density at radius 1 is 1.12 bits per heavy atom. The second-order valence-electron chi connectivity index (χ2n) is 14.5. The van der Waals surface area contributed by atoms with Crippen molar-refractivity contribution in [2.45, 2.75) is 94.6 Å². The molecule has 0 aliphatic heterocycles. The average molecular weight is 904 g/mol. The first kappa shape index (κ1) is 49.9. The number of carbonyl (C=O) groups excluding carboxylic acids is 1. The van der Waals surface area contributed by atoms with Gasteiger partial charge in [-0.2, -0.15) is 26.5 Å². The van der Waals surface area contributed by atoms with Crippen LogP contribution in [0.2, 0.25) is 5.02 Å². The molecule has 1 unspecified atom stereocenters. The molecule has 19 heteroatoms. The number of thioether (sulfide) groups is 1. The normalized spacial score (nSPS) is 17.1. The third-order valence-electron chi connectivity index (χ3n) is 9.11. The Morgan fingerprint density at radius 3 is 2.17 bits per heavy atom. The highest BCUT2D eigenvalue weighted by Gasteiger charge is 2.48. The number of carbonyl (C=O) groups is 1. The summed E-state index contributed by atoms with van der Waals surface area (Å²) in [5, 5.41) is 12.6. The summed E-state index contributed by atoms with van der Waals surface area (Å²) in [5.74, 6) is 0.584. The summed E-state index contributed by atoms with van der Waals surface area (Å²) < 4.78 is 106. The summed E-state index contributed by atoms with van der Waals surface area (Å²) in [7, 11) is 0. The van der Waals surface area contributed by atoms with Crippen LogP contribution in [0.1, 0.15) is 69.8 Å². The fourth-order valence-electron chi connectivity index (χ4n) is 6.03. The number of rotatable bonds is 8. The van der Waals surface area contributed by atoms with E-state index in [-0.39, 0.29) is 34.3 Å². The smallest absolute Gasteiger partial charge is 0.289 e. The zero-order valence-electron chi connectivity index (χ0n) is 33.3. The van der Waals surface area contributed by atoms with Gasteiger partial charge in [0.2, 0.25) is 6.41 Å². The van der Waals surface area contributed by atoms with Crippen LogP contribution in [-0.2, 0) is 17.8 Å². The largest absolute Gasteiger partial charge is 0.397 e. The van der Waals surface area contributed by atoms with Crippen LogP contribution < -0.4 is 17.2 Å². The summed E-state index contributed by atoms with van der Waals surface area (Å²) in [4.78, 5) is 13.4. The van der Waals surface area contributed by atoms with Crippen LogP contribution in [0.5, 0.6) is 0 Å². The molecule has 2 atom stereocenters. The van der Waals surface area contributed by atoms with Gasteiger partial charge in [-0.1, -0.05) is 37.4 Å². The van der Waals surface area contributed by atoms with Crippen molar-refractivity contribution in [3.63, 3.8) is 0 Å². The number of alkyl halides is 6. The monoisotopic (exact) mass is 903 g/mol. The highest BCUT2D eigenvalue weighted by Crippen LogP contribution is 2.42. The van der Waals surface area contributed by atoms with E-state index in [0.717, 1.165) is 16.0 Å². The molecule has 2 heterocycles. The molecule has 6 rings (SSSR count). The number of benzene rings is 2.